The molecule has 33 heavy (non-hydrogen) atoms. The highest BCUT2D eigenvalue weighted by Crippen LogP contribution is 2.39. The highest BCUT2D eigenvalue weighted by molar-refractivity contribution is 8.27. The first kappa shape index (κ1) is 22.8. The number of amides is 1. The second-order valence-corrected chi connectivity index (χ2v) is 8.78. The number of thiocarbonyl (C=S) groups is 1. The molecular formula is C23H14F3NO4S2. The largest absolute Gasteiger partial charge is 0.478 e. The third-order valence-corrected chi connectivity index (χ3v) is 6.17. The summed E-state index contributed by atoms with van der Waals surface area (Å²) in [4.78, 5) is 25.3. The van der Waals surface area contributed by atoms with Gasteiger partial charge >= 0.3 is 12.1 Å². The van der Waals surface area contributed by atoms with Crippen molar-refractivity contribution < 1.29 is 32.3 Å². The molecule has 1 saturated heterocycles. The lowest BCUT2D eigenvalue weighted by atomic mass is 10.0. The minimum atomic E-state index is -4.54. The molecule has 1 aromatic heterocycles. The van der Waals surface area contributed by atoms with E-state index < -0.39 is 23.6 Å². The molecule has 1 aliphatic heterocycles. The minimum Gasteiger partial charge on any atom is -0.478 e. The number of alkyl halides is 3. The molecule has 1 fully saturated rings. The van der Waals surface area contributed by atoms with Gasteiger partial charge in [0.05, 0.1) is 21.7 Å². The van der Waals surface area contributed by atoms with E-state index in [1.54, 1.807) is 25.1 Å². The van der Waals surface area contributed by atoms with E-state index >= 15 is 0 Å². The Hall–Kier alpha value is -3.37. The number of carboxylic acids is 1. The summed E-state index contributed by atoms with van der Waals surface area (Å²) in [5.41, 5.74) is 0.701. The molecule has 1 amide bonds. The summed E-state index contributed by atoms with van der Waals surface area (Å²) in [7, 11) is 0. The van der Waals surface area contributed by atoms with Gasteiger partial charge in [-0.3, -0.25) is 9.69 Å². The number of anilines is 1. The van der Waals surface area contributed by atoms with E-state index in [-0.39, 0.29) is 20.5 Å². The van der Waals surface area contributed by atoms with Crippen molar-refractivity contribution in [2.75, 3.05) is 4.90 Å². The number of carboxylic acid groups (broad SMARTS) is 1. The molecule has 4 rings (SSSR count). The number of aryl methyl sites for hydroxylation is 1. The molecule has 3 aromatic rings. The second kappa shape index (κ2) is 8.53. The van der Waals surface area contributed by atoms with E-state index in [2.05, 4.69) is 0 Å². The molecule has 168 valence electrons. The number of hydrogen-bond donors (Lipinski definition) is 1. The Balaban J connectivity index is 1.61. The molecule has 1 aliphatic rings. The molecule has 0 spiro atoms. The standard InChI is InChI=1S/C23H14F3NO4S2/c1-12-9-13(21(29)30)5-7-17(12)18-8-6-16(31-18)11-19-20(28)27(22(32)33-19)15-4-2-3-14(10-15)23(24,25)26/h2-11H,1H3,(H,29,30)/b19-11+. The molecule has 0 radical (unpaired) electrons. The van der Waals surface area contributed by atoms with E-state index in [1.807, 2.05) is 0 Å². The first-order chi connectivity index (χ1) is 15.5. The number of carbonyl (C=O) groups is 2. The monoisotopic (exact) mass is 489 g/mol. The number of furan rings is 1. The van der Waals surface area contributed by atoms with Gasteiger partial charge in [0.2, 0.25) is 0 Å². The summed E-state index contributed by atoms with van der Waals surface area (Å²) in [5, 5.41) is 9.10. The molecule has 10 heteroatoms. The van der Waals surface area contributed by atoms with Crippen molar-refractivity contribution in [1.82, 2.24) is 0 Å². The average Bonchev–Trinajstić information content (AvgIpc) is 3.31. The van der Waals surface area contributed by atoms with Crippen LogP contribution in [-0.4, -0.2) is 21.3 Å². The van der Waals surface area contributed by atoms with Crippen LogP contribution in [-0.2, 0) is 11.0 Å². The van der Waals surface area contributed by atoms with Gasteiger partial charge in [-0.2, -0.15) is 13.2 Å². The maximum absolute atomic E-state index is 13.1. The molecule has 2 aromatic carbocycles. The smallest absolute Gasteiger partial charge is 0.416 e. The third-order valence-electron chi connectivity index (χ3n) is 4.86. The van der Waals surface area contributed by atoms with Gasteiger partial charge in [-0.15, -0.1) is 0 Å². The topological polar surface area (TPSA) is 70.8 Å². The second-order valence-electron chi connectivity index (χ2n) is 7.10. The Labute approximate surface area is 195 Å². The minimum absolute atomic E-state index is 0.0324. The van der Waals surface area contributed by atoms with Gasteiger partial charge in [-0.1, -0.05) is 36.1 Å². The Morgan fingerprint density at radius 3 is 2.58 bits per heavy atom. The van der Waals surface area contributed by atoms with Crippen molar-refractivity contribution in [3.8, 4) is 11.3 Å². The zero-order valence-electron chi connectivity index (χ0n) is 16.8. The van der Waals surface area contributed by atoms with Crippen LogP contribution in [0.3, 0.4) is 0 Å². The van der Waals surface area contributed by atoms with Crippen molar-refractivity contribution in [2.45, 2.75) is 13.1 Å². The third kappa shape index (κ3) is 4.57. The van der Waals surface area contributed by atoms with Crippen LogP contribution in [0, 0.1) is 6.92 Å². The SMILES string of the molecule is Cc1cc(C(=O)O)ccc1-c1ccc(/C=C2/SC(=S)N(c3cccc(C(F)(F)F)c3)C2=O)o1. The van der Waals surface area contributed by atoms with E-state index in [1.165, 1.54) is 30.3 Å². The predicted octanol–water partition coefficient (Wildman–Crippen LogP) is 6.38. The van der Waals surface area contributed by atoms with Crippen LogP contribution in [0.1, 0.15) is 27.2 Å². The Bertz CT molecular complexity index is 1330. The lowest BCUT2D eigenvalue weighted by Crippen LogP contribution is -2.27. The number of nitrogens with zero attached hydrogens (tertiary/aromatic N) is 1. The van der Waals surface area contributed by atoms with E-state index in [9.17, 15) is 22.8 Å². The molecule has 1 N–H and O–H groups in total. The highest BCUT2D eigenvalue weighted by Gasteiger charge is 2.36. The van der Waals surface area contributed by atoms with Crippen LogP contribution in [0.25, 0.3) is 17.4 Å². The summed E-state index contributed by atoms with van der Waals surface area (Å²) < 4.78 is 45.1. The van der Waals surface area contributed by atoms with Crippen molar-refractivity contribution in [3.05, 3.63) is 82.0 Å². The fourth-order valence-corrected chi connectivity index (χ4v) is 4.57. The maximum atomic E-state index is 13.1. The summed E-state index contributed by atoms with van der Waals surface area (Å²) in [6, 6.07) is 12.4. The van der Waals surface area contributed by atoms with Crippen molar-refractivity contribution in [3.63, 3.8) is 0 Å². The van der Waals surface area contributed by atoms with Crippen LogP contribution in [0.5, 0.6) is 0 Å². The average molecular weight is 489 g/mol. The Morgan fingerprint density at radius 2 is 1.91 bits per heavy atom. The molecule has 0 bridgehead atoms. The molecule has 0 aliphatic carbocycles. The predicted molar refractivity (Wildman–Crippen MR) is 123 cm³/mol. The zero-order chi connectivity index (χ0) is 23.9. The Morgan fingerprint density at radius 1 is 1.15 bits per heavy atom. The summed E-state index contributed by atoms with van der Waals surface area (Å²) >= 11 is 6.19. The molecule has 0 unspecified atom stereocenters. The lowest BCUT2D eigenvalue weighted by Gasteiger charge is -2.16. The van der Waals surface area contributed by atoms with Gasteiger partial charge in [0.25, 0.3) is 5.91 Å². The van der Waals surface area contributed by atoms with Crippen LogP contribution in [0.4, 0.5) is 18.9 Å². The van der Waals surface area contributed by atoms with Gasteiger partial charge in [-0.25, -0.2) is 4.79 Å². The zero-order valence-corrected chi connectivity index (χ0v) is 18.5. The number of carbonyl (C=O) groups excluding carboxylic acids is 1. The number of rotatable bonds is 4. The molecule has 5 nitrogen and oxygen atoms in total. The van der Waals surface area contributed by atoms with Crippen LogP contribution >= 0.6 is 24.0 Å². The summed E-state index contributed by atoms with van der Waals surface area (Å²) in [6.45, 7) is 1.75. The normalized spacial score (nSPS) is 15.5. The number of aromatic carboxylic acids is 1. The van der Waals surface area contributed by atoms with Crippen LogP contribution in [0.15, 0.2) is 63.9 Å². The van der Waals surface area contributed by atoms with E-state index in [4.69, 9.17) is 21.7 Å². The first-order valence-electron chi connectivity index (χ1n) is 9.44. The van der Waals surface area contributed by atoms with E-state index in [0.29, 0.717) is 22.6 Å². The quantitative estimate of drug-likeness (QED) is 0.339. The molecular weight excluding hydrogens is 475 g/mol. The number of halogens is 3. The molecule has 0 atom stereocenters. The van der Waals surface area contributed by atoms with Gasteiger partial charge < -0.3 is 9.52 Å². The summed E-state index contributed by atoms with van der Waals surface area (Å²) in [5.74, 6) is -0.767. The first-order valence-corrected chi connectivity index (χ1v) is 10.7. The fourth-order valence-electron chi connectivity index (χ4n) is 3.29. The van der Waals surface area contributed by atoms with Crippen LogP contribution in [0.2, 0.25) is 0 Å². The van der Waals surface area contributed by atoms with Gasteiger partial charge in [0.1, 0.15) is 11.5 Å². The molecule has 2 heterocycles. The highest BCUT2D eigenvalue weighted by atomic mass is 32.2. The van der Waals surface area contributed by atoms with Crippen molar-refractivity contribution >= 4 is 51.9 Å². The van der Waals surface area contributed by atoms with Crippen molar-refractivity contribution in [1.29, 1.82) is 0 Å². The Kier molecular flexibility index (Phi) is 5.89. The summed E-state index contributed by atoms with van der Waals surface area (Å²) in [6.07, 6.45) is -3.07. The number of benzene rings is 2. The van der Waals surface area contributed by atoms with Gasteiger partial charge in [-0.05, 0) is 55.0 Å². The van der Waals surface area contributed by atoms with Gasteiger partial charge in [0.15, 0.2) is 4.32 Å². The van der Waals surface area contributed by atoms with E-state index in [0.717, 1.165) is 28.8 Å². The van der Waals surface area contributed by atoms with Gasteiger partial charge in [0, 0.05) is 11.6 Å². The number of thioether (sulfide) groups is 1. The van der Waals surface area contributed by atoms with Crippen LogP contribution < -0.4 is 4.90 Å². The fraction of sp³-hybridized carbons (Fsp3) is 0.0870. The van der Waals surface area contributed by atoms with Crippen molar-refractivity contribution in [2.24, 2.45) is 0 Å². The molecule has 0 saturated carbocycles. The maximum Gasteiger partial charge on any atom is 0.416 e. The lowest BCUT2D eigenvalue weighted by molar-refractivity contribution is -0.137. The number of hydrogen-bond acceptors (Lipinski definition) is 5.